The molecule has 0 saturated carbocycles. The highest BCUT2D eigenvalue weighted by Crippen LogP contribution is 2.30. The van der Waals surface area contributed by atoms with Gasteiger partial charge in [0, 0.05) is 5.41 Å². The van der Waals surface area contributed by atoms with Gasteiger partial charge in [0.2, 0.25) is 5.88 Å². The summed E-state index contributed by atoms with van der Waals surface area (Å²) in [4.78, 5) is 24.9. The zero-order chi connectivity index (χ0) is 22.0. The van der Waals surface area contributed by atoms with Gasteiger partial charge in [0.25, 0.3) is 5.91 Å². The third-order valence-electron chi connectivity index (χ3n) is 4.74. The van der Waals surface area contributed by atoms with Gasteiger partial charge in [0.05, 0.1) is 43.0 Å². The molecule has 160 valence electrons. The summed E-state index contributed by atoms with van der Waals surface area (Å²) in [7, 11) is 0. The summed E-state index contributed by atoms with van der Waals surface area (Å²) in [6.07, 6.45) is 2.66. The van der Waals surface area contributed by atoms with E-state index in [4.69, 9.17) is 15.2 Å². The minimum Gasteiger partial charge on any atom is -0.475 e. The van der Waals surface area contributed by atoms with Gasteiger partial charge < -0.3 is 20.5 Å². The van der Waals surface area contributed by atoms with Gasteiger partial charge in [0.1, 0.15) is 23.6 Å². The minimum absolute atomic E-state index is 0.0384. The standard InChI is InChI=1S/C21H19F2N5O3/c1-21(8-30-9-21)10-31-20-16(7-25-11-26-20)28-19(29)18-14(24)5-6-15(27-18)17-12(22)3-2-4-13(17)23/h2-7,11H,8-10,24H2,1H3,(H,28,29). The summed E-state index contributed by atoms with van der Waals surface area (Å²) >= 11 is 0. The molecule has 8 nitrogen and oxygen atoms in total. The van der Waals surface area contributed by atoms with Gasteiger partial charge >= 0.3 is 0 Å². The summed E-state index contributed by atoms with van der Waals surface area (Å²) in [5.41, 5.74) is 5.40. The fourth-order valence-corrected chi connectivity index (χ4v) is 3.01. The molecule has 1 saturated heterocycles. The second-order valence-corrected chi connectivity index (χ2v) is 7.52. The van der Waals surface area contributed by atoms with E-state index in [0.717, 1.165) is 12.1 Å². The predicted octanol–water partition coefficient (Wildman–Crippen LogP) is 3.07. The molecular weight excluding hydrogens is 408 g/mol. The molecule has 3 N–H and O–H groups in total. The Morgan fingerprint density at radius 3 is 2.68 bits per heavy atom. The molecule has 0 unspecified atom stereocenters. The van der Waals surface area contributed by atoms with Crippen LogP contribution in [-0.4, -0.2) is 40.7 Å². The van der Waals surface area contributed by atoms with E-state index in [0.29, 0.717) is 19.8 Å². The summed E-state index contributed by atoms with van der Waals surface area (Å²) in [5.74, 6) is -2.13. The van der Waals surface area contributed by atoms with E-state index in [2.05, 4.69) is 20.3 Å². The number of hydrogen-bond acceptors (Lipinski definition) is 7. The first-order valence-corrected chi connectivity index (χ1v) is 9.39. The van der Waals surface area contributed by atoms with E-state index >= 15 is 0 Å². The van der Waals surface area contributed by atoms with Gasteiger partial charge in [-0.05, 0) is 24.3 Å². The number of nitrogens with one attached hydrogen (secondary N) is 1. The van der Waals surface area contributed by atoms with E-state index in [1.54, 1.807) is 0 Å². The fourth-order valence-electron chi connectivity index (χ4n) is 3.01. The fraction of sp³-hybridized carbons (Fsp3) is 0.238. The van der Waals surface area contributed by atoms with Crippen LogP contribution in [0.1, 0.15) is 17.4 Å². The average Bonchev–Trinajstić information content (AvgIpc) is 2.72. The molecule has 1 aliphatic heterocycles. The van der Waals surface area contributed by atoms with Gasteiger partial charge in [-0.15, -0.1) is 0 Å². The Hall–Kier alpha value is -3.66. The van der Waals surface area contributed by atoms with Crippen molar-refractivity contribution in [2.75, 3.05) is 30.9 Å². The molecule has 0 spiro atoms. The second-order valence-electron chi connectivity index (χ2n) is 7.52. The molecule has 2 aromatic heterocycles. The van der Waals surface area contributed by atoms with Crippen LogP contribution in [0, 0.1) is 17.0 Å². The Balaban J connectivity index is 1.58. The number of aromatic nitrogens is 3. The number of nitrogen functional groups attached to an aromatic ring is 1. The van der Waals surface area contributed by atoms with Crippen molar-refractivity contribution in [3.63, 3.8) is 0 Å². The van der Waals surface area contributed by atoms with Gasteiger partial charge in [-0.25, -0.2) is 18.7 Å². The van der Waals surface area contributed by atoms with Crippen LogP contribution in [-0.2, 0) is 4.74 Å². The zero-order valence-corrected chi connectivity index (χ0v) is 16.6. The van der Waals surface area contributed by atoms with Crippen molar-refractivity contribution in [2.24, 2.45) is 5.41 Å². The van der Waals surface area contributed by atoms with Crippen LogP contribution in [0.5, 0.6) is 5.88 Å². The predicted molar refractivity (Wildman–Crippen MR) is 108 cm³/mol. The smallest absolute Gasteiger partial charge is 0.276 e. The number of hydrogen-bond donors (Lipinski definition) is 2. The van der Waals surface area contributed by atoms with Crippen molar-refractivity contribution in [2.45, 2.75) is 6.92 Å². The van der Waals surface area contributed by atoms with Crippen LogP contribution in [0.3, 0.4) is 0 Å². The molecule has 10 heteroatoms. The van der Waals surface area contributed by atoms with Crippen molar-refractivity contribution in [1.82, 2.24) is 15.0 Å². The van der Waals surface area contributed by atoms with Crippen molar-refractivity contribution in [3.05, 3.63) is 60.2 Å². The van der Waals surface area contributed by atoms with Crippen LogP contribution in [0.2, 0.25) is 0 Å². The Kier molecular flexibility index (Phi) is 5.47. The summed E-state index contributed by atoms with van der Waals surface area (Å²) in [5, 5.41) is 2.60. The van der Waals surface area contributed by atoms with Crippen molar-refractivity contribution in [1.29, 1.82) is 0 Å². The van der Waals surface area contributed by atoms with Gasteiger partial charge in [0.15, 0.2) is 5.69 Å². The molecule has 1 amide bonds. The van der Waals surface area contributed by atoms with Gasteiger partial charge in [-0.1, -0.05) is 13.0 Å². The number of benzene rings is 1. The van der Waals surface area contributed by atoms with E-state index in [9.17, 15) is 13.6 Å². The molecule has 1 fully saturated rings. The lowest BCUT2D eigenvalue weighted by atomic mass is 9.90. The zero-order valence-electron chi connectivity index (χ0n) is 16.6. The molecule has 0 aliphatic carbocycles. The number of nitrogens with zero attached hydrogens (tertiary/aromatic N) is 3. The molecule has 0 radical (unpaired) electrons. The lowest BCUT2D eigenvalue weighted by molar-refractivity contribution is -0.120. The summed E-state index contributed by atoms with van der Waals surface area (Å²) < 4.78 is 39.2. The van der Waals surface area contributed by atoms with Gasteiger partial charge in [-0.2, -0.15) is 4.98 Å². The Labute approximate surface area is 176 Å². The SMILES string of the molecule is CC1(COc2ncncc2NC(=O)c2nc(-c3c(F)cccc3F)ccc2N)COC1. The average molecular weight is 427 g/mol. The number of rotatable bonds is 6. The molecule has 0 atom stereocenters. The Bertz CT molecular complexity index is 1120. The minimum atomic E-state index is -0.802. The van der Waals surface area contributed by atoms with E-state index in [-0.39, 0.29) is 39.6 Å². The number of halogens is 2. The maximum absolute atomic E-state index is 14.1. The summed E-state index contributed by atoms with van der Waals surface area (Å²) in [6, 6.07) is 6.16. The number of ether oxygens (including phenoxy) is 2. The van der Waals surface area contributed by atoms with E-state index in [1.165, 1.54) is 30.7 Å². The topological polar surface area (TPSA) is 112 Å². The van der Waals surface area contributed by atoms with E-state index < -0.39 is 17.5 Å². The van der Waals surface area contributed by atoms with Crippen molar-refractivity contribution in [3.8, 4) is 17.1 Å². The number of pyridine rings is 1. The first kappa shape index (κ1) is 20.6. The highest BCUT2D eigenvalue weighted by atomic mass is 19.1. The molecule has 1 aromatic carbocycles. The maximum Gasteiger partial charge on any atom is 0.276 e. The van der Waals surface area contributed by atoms with Crippen molar-refractivity contribution < 1.29 is 23.0 Å². The third-order valence-corrected chi connectivity index (χ3v) is 4.74. The van der Waals surface area contributed by atoms with Crippen LogP contribution in [0.25, 0.3) is 11.3 Å². The Morgan fingerprint density at radius 1 is 1.26 bits per heavy atom. The number of nitrogens with two attached hydrogens (primary N) is 1. The molecule has 31 heavy (non-hydrogen) atoms. The van der Waals surface area contributed by atoms with Gasteiger partial charge in [-0.3, -0.25) is 4.79 Å². The number of anilines is 2. The summed E-state index contributed by atoms with van der Waals surface area (Å²) in [6.45, 7) is 3.49. The van der Waals surface area contributed by atoms with Crippen LogP contribution in [0.15, 0.2) is 42.9 Å². The normalized spacial score (nSPS) is 14.5. The quantitative estimate of drug-likeness (QED) is 0.622. The van der Waals surface area contributed by atoms with Crippen molar-refractivity contribution >= 4 is 17.3 Å². The monoisotopic (exact) mass is 427 g/mol. The van der Waals surface area contributed by atoms with Crippen LogP contribution >= 0.6 is 0 Å². The number of carbonyl (C=O) groups is 1. The molecule has 0 bridgehead atoms. The lowest BCUT2D eigenvalue weighted by Gasteiger charge is -2.37. The molecule has 1 aliphatic rings. The highest BCUT2D eigenvalue weighted by Gasteiger charge is 2.34. The lowest BCUT2D eigenvalue weighted by Crippen LogP contribution is -2.44. The van der Waals surface area contributed by atoms with Crippen LogP contribution < -0.4 is 15.8 Å². The first-order chi connectivity index (χ1) is 14.9. The Morgan fingerprint density at radius 2 is 2.00 bits per heavy atom. The molecule has 4 rings (SSSR count). The third kappa shape index (κ3) is 4.29. The first-order valence-electron chi connectivity index (χ1n) is 9.39. The largest absolute Gasteiger partial charge is 0.475 e. The van der Waals surface area contributed by atoms with Crippen LogP contribution in [0.4, 0.5) is 20.2 Å². The molecule has 3 aromatic rings. The second kappa shape index (κ2) is 8.23. The molecule has 3 heterocycles. The highest BCUT2D eigenvalue weighted by molar-refractivity contribution is 6.07. The number of amides is 1. The van der Waals surface area contributed by atoms with E-state index in [1.807, 2.05) is 6.92 Å². The molecular formula is C21H19F2N5O3. The number of carbonyl (C=O) groups excluding carboxylic acids is 1. The maximum atomic E-state index is 14.1.